The van der Waals surface area contributed by atoms with Crippen LogP contribution < -0.4 is 4.74 Å². The Morgan fingerprint density at radius 1 is 1.05 bits per heavy atom. The third-order valence-electron chi connectivity index (χ3n) is 3.09. The molecule has 0 bridgehead atoms. The van der Waals surface area contributed by atoms with Crippen LogP contribution in [0.25, 0.3) is 0 Å². The van der Waals surface area contributed by atoms with Gasteiger partial charge in [0.15, 0.2) is 5.78 Å². The van der Waals surface area contributed by atoms with E-state index in [2.05, 4.69) is 4.74 Å². The van der Waals surface area contributed by atoms with E-state index in [1.54, 1.807) is 7.11 Å². The zero-order valence-corrected chi connectivity index (χ0v) is 11.9. The van der Waals surface area contributed by atoms with Gasteiger partial charge in [-0.05, 0) is 49.6 Å². The van der Waals surface area contributed by atoms with E-state index in [0.717, 1.165) is 28.5 Å². The van der Waals surface area contributed by atoms with Crippen LogP contribution in [0.15, 0.2) is 18.2 Å². The highest BCUT2D eigenvalue weighted by Crippen LogP contribution is 2.27. The number of ketones is 1. The van der Waals surface area contributed by atoms with Crippen molar-refractivity contribution in [2.45, 2.75) is 20.8 Å². The Bertz CT molecular complexity index is 542. The van der Waals surface area contributed by atoms with E-state index in [9.17, 15) is 9.59 Å². The minimum Gasteiger partial charge on any atom is -0.496 e. The van der Waals surface area contributed by atoms with Gasteiger partial charge in [-0.2, -0.15) is 0 Å². The maximum absolute atomic E-state index is 12.1. The molecule has 102 valence electrons. The lowest BCUT2D eigenvalue weighted by molar-refractivity contribution is -0.134. The van der Waals surface area contributed by atoms with Gasteiger partial charge in [-0.3, -0.25) is 4.79 Å². The highest BCUT2D eigenvalue weighted by molar-refractivity contribution is 6.09. The van der Waals surface area contributed by atoms with Crippen LogP contribution in [0.5, 0.6) is 5.75 Å². The van der Waals surface area contributed by atoms with E-state index in [0.29, 0.717) is 5.56 Å². The summed E-state index contributed by atoms with van der Waals surface area (Å²) >= 11 is 0. The van der Waals surface area contributed by atoms with E-state index < -0.39 is 5.97 Å². The fourth-order valence-corrected chi connectivity index (χ4v) is 1.93. The summed E-state index contributed by atoms with van der Waals surface area (Å²) in [7, 11) is 2.87. The predicted molar refractivity (Wildman–Crippen MR) is 72.7 cm³/mol. The highest BCUT2D eigenvalue weighted by Gasteiger charge is 2.15. The van der Waals surface area contributed by atoms with Crippen LogP contribution >= 0.6 is 0 Å². The molecule has 0 atom stereocenters. The van der Waals surface area contributed by atoms with Gasteiger partial charge in [-0.1, -0.05) is 0 Å². The third kappa shape index (κ3) is 3.22. The number of carbonyl (C=O) groups is 2. The van der Waals surface area contributed by atoms with Gasteiger partial charge in [0, 0.05) is 11.6 Å². The number of hydrogen-bond acceptors (Lipinski definition) is 4. The first-order valence-corrected chi connectivity index (χ1v) is 5.87. The lowest BCUT2D eigenvalue weighted by atomic mass is 9.94. The van der Waals surface area contributed by atoms with Crippen molar-refractivity contribution in [1.82, 2.24) is 0 Å². The van der Waals surface area contributed by atoms with Crippen molar-refractivity contribution in [3.63, 3.8) is 0 Å². The molecule has 0 aliphatic carbocycles. The molecular formula is C15H18O4. The molecule has 0 heterocycles. The fraction of sp³-hybridized carbons (Fsp3) is 0.333. The number of aryl methyl sites for hydroxylation is 1. The second-order valence-corrected chi connectivity index (χ2v) is 4.24. The Morgan fingerprint density at radius 2 is 1.68 bits per heavy atom. The summed E-state index contributed by atoms with van der Waals surface area (Å²) in [5, 5.41) is 0. The number of ether oxygens (including phenoxy) is 2. The molecule has 0 unspecified atom stereocenters. The molecule has 0 saturated heterocycles. The number of methoxy groups -OCH3 is 2. The van der Waals surface area contributed by atoms with E-state index in [1.807, 2.05) is 26.8 Å². The summed E-state index contributed by atoms with van der Waals surface area (Å²) < 4.78 is 9.71. The van der Waals surface area contributed by atoms with E-state index in [-0.39, 0.29) is 5.78 Å². The zero-order valence-electron chi connectivity index (χ0n) is 11.9. The number of benzene rings is 1. The van der Waals surface area contributed by atoms with Gasteiger partial charge in [0.05, 0.1) is 14.2 Å². The topological polar surface area (TPSA) is 52.6 Å². The SMILES string of the molecule is COC(=O)/C=C/C(=O)c1c(C)cc(OC)c(C)c1C. The van der Waals surface area contributed by atoms with Gasteiger partial charge in [-0.25, -0.2) is 4.79 Å². The van der Waals surface area contributed by atoms with Gasteiger partial charge in [-0.15, -0.1) is 0 Å². The van der Waals surface area contributed by atoms with E-state index in [1.165, 1.54) is 13.2 Å². The molecule has 0 N–H and O–H groups in total. The Hall–Kier alpha value is -2.10. The molecule has 0 amide bonds. The van der Waals surface area contributed by atoms with Crippen LogP contribution in [-0.2, 0) is 9.53 Å². The lowest BCUT2D eigenvalue weighted by Crippen LogP contribution is -2.06. The number of rotatable bonds is 4. The summed E-state index contributed by atoms with van der Waals surface area (Å²) in [4.78, 5) is 23.1. The maximum Gasteiger partial charge on any atom is 0.330 e. The number of allylic oxidation sites excluding steroid dienone is 1. The molecule has 0 radical (unpaired) electrons. The fourth-order valence-electron chi connectivity index (χ4n) is 1.93. The summed E-state index contributed by atoms with van der Waals surface area (Å²) in [5.41, 5.74) is 3.19. The number of carbonyl (C=O) groups excluding carboxylic acids is 2. The van der Waals surface area contributed by atoms with Crippen LogP contribution in [0.4, 0.5) is 0 Å². The second-order valence-electron chi connectivity index (χ2n) is 4.24. The van der Waals surface area contributed by atoms with Crippen molar-refractivity contribution in [2.24, 2.45) is 0 Å². The van der Waals surface area contributed by atoms with Crippen molar-refractivity contribution < 1.29 is 19.1 Å². The van der Waals surface area contributed by atoms with Crippen molar-refractivity contribution >= 4 is 11.8 Å². The molecule has 1 aromatic carbocycles. The van der Waals surface area contributed by atoms with Crippen LogP contribution in [0.2, 0.25) is 0 Å². The van der Waals surface area contributed by atoms with Gasteiger partial charge in [0.1, 0.15) is 5.75 Å². The highest BCUT2D eigenvalue weighted by atomic mass is 16.5. The zero-order chi connectivity index (χ0) is 14.6. The van der Waals surface area contributed by atoms with Gasteiger partial charge in [0.2, 0.25) is 0 Å². The summed E-state index contributed by atoms with van der Waals surface area (Å²) in [6.07, 6.45) is 2.36. The molecule has 19 heavy (non-hydrogen) atoms. The molecule has 0 spiro atoms. The normalized spacial score (nSPS) is 10.6. The van der Waals surface area contributed by atoms with Crippen molar-refractivity contribution in [2.75, 3.05) is 14.2 Å². The molecule has 4 nitrogen and oxygen atoms in total. The Balaban J connectivity index is 3.21. The Kier molecular flexibility index (Phi) is 4.87. The molecule has 0 aliphatic rings. The first-order chi connectivity index (χ1) is 8.92. The van der Waals surface area contributed by atoms with Crippen molar-refractivity contribution in [3.05, 3.63) is 40.5 Å². The van der Waals surface area contributed by atoms with Crippen LogP contribution in [0.3, 0.4) is 0 Å². The Morgan fingerprint density at radius 3 is 2.21 bits per heavy atom. The molecule has 1 aromatic rings. The van der Waals surface area contributed by atoms with Gasteiger partial charge in [0.25, 0.3) is 0 Å². The summed E-state index contributed by atoms with van der Waals surface area (Å²) in [5.74, 6) is -0.0106. The molecule has 4 heteroatoms. The first kappa shape index (κ1) is 15.0. The molecule has 0 aromatic heterocycles. The van der Waals surface area contributed by atoms with E-state index in [4.69, 9.17) is 4.74 Å². The smallest absolute Gasteiger partial charge is 0.330 e. The van der Waals surface area contributed by atoms with Crippen molar-refractivity contribution in [1.29, 1.82) is 0 Å². The monoisotopic (exact) mass is 262 g/mol. The number of hydrogen-bond donors (Lipinski definition) is 0. The minimum absolute atomic E-state index is 0.217. The molecular weight excluding hydrogens is 244 g/mol. The number of esters is 1. The minimum atomic E-state index is -0.547. The Labute approximate surface area is 113 Å². The van der Waals surface area contributed by atoms with Crippen LogP contribution in [-0.4, -0.2) is 26.0 Å². The largest absolute Gasteiger partial charge is 0.496 e. The van der Waals surface area contributed by atoms with Crippen LogP contribution in [0.1, 0.15) is 27.0 Å². The molecule has 1 rings (SSSR count). The molecule has 0 fully saturated rings. The predicted octanol–water partition coefficient (Wildman–Crippen LogP) is 2.53. The van der Waals surface area contributed by atoms with Gasteiger partial charge < -0.3 is 9.47 Å². The summed E-state index contributed by atoms with van der Waals surface area (Å²) in [6.45, 7) is 5.60. The average molecular weight is 262 g/mol. The molecule has 0 saturated carbocycles. The second kappa shape index (κ2) is 6.18. The van der Waals surface area contributed by atoms with Crippen molar-refractivity contribution in [3.8, 4) is 5.75 Å². The first-order valence-electron chi connectivity index (χ1n) is 5.87. The lowest BCUT2D eigenvalue weighted by Gasteiger charge is -2.13. The maximum atomic E-state index is 12.1. The van der Waals surface area contributed by atoms with Gasteiger partial charge >= 0.3 is 5.97 Å². The van der Waals surface area contributed by atoms with Crippen LogP contribution in [0, 0.1) is 20.8 Å². The molecule has 0 aliphatic heterocycles. The standard InChI is InChI=1S/C15H18O4/c1-9-8-13(18-4)10(2)11(3)15(9)12(16)6-7-14(17)19-5/h6-8H,1-5H3/b7-6+. The third-order valence-corrected chi connectivity index (χ3v) is 3.09. The average Bonchev–Trinajstić information content (AvgIpc) is 2.40. The quantitative estimate of drug-likeness (QED) is 0.475. The van der Waals surface area contributed by atoms with E-state index >= 15 is 0 Å². The summed E-state index contributed by atoms with van der Waals surface area (Å²) in [6, 6.07) is 1.82.